The number of aliphatic hydroxyl groups is 1. The van der Waals surface area contributed by atoms with E-state index in [1.165, 1.54) is 12.5 Å². The average molecular weight is 661 g/mol. The van der Waals surface area contributed by atoms with E-state index in [0.717, 1.165) is 12.8 Å². The number of aryl methyl sites for hydroxylation is 1. The Morgan fingerprint density at radius 1 is 1.04 bits per heavy atom. The molecule has 1 amide bonds. The monoisotopic (exact) mass is 660 g/mol. The molecule has 1 aromatic rings. The fourth-order valence-electron chi connectivity index (χ4n) is 7.63. The van der Waals surface area contributed by atoms with Gasteiger partial charge in [0, 0.05) is 19.1 Å². The minimum Gasteiger partial charge on any atom is -0.458 e. The normalized spacial score (nSPS) is 40.7. The molecule has 3 aliphatic heterocycles. The largest absolute Gasteiger partial charge is 0.458 e. The molecule has 0 aromatic heterocycles. The number of hydrogen-bond acceptors (Lipinski definition) is 10. The molecule has 0 radical (unpaired) electrons. The molecule has 3 fully saturated rings. The van der Waals surface area contributed by atoms with Crippen LogP contribution < -0.4 is 10.6 Å². The van der Waals surface area contributed by atoms with Gasteiger partial charge in [-0.1, -0.05) is 51.1 Å². The van der Waals surface area contributed by atoms with E-state index in [0.29, 0.717) is 32.2 Å². The number of esters is 1. The van der Waals surface area contributed by atoms with E-state index in [2.05, 4.69) is 29.7 Å². The summed E-state index contributed by atoms with van der Waals surface area (Å²) < 4.78 is 30.9. The number of carbonyl (C=O) groups is 3. The van der Waals surface area contributed by atoms with E-state index in [-0.39, 0.29) is 23.8 Å². The molecular weight excluding hydrogens is 604 g/mol. The third-order valence-corrected chi connectivity index (χ3v) is 10.6. The summed E-state index contributed by atoms with van der Waals surface area (Å²) in [7, 11) is 1.59. The summed E-state index contributed by atoms with van der Waals surface area (Å²) in [6.07, 6.45) is -0.527. The van der Waals surface area contributed by atoms with Gasteiger partial charge in [0.1, 0.15) is 18.1 Å². The number of benzene rings is 1. The van der Waals surface area contributed by atoms with Crippen LogP contribution in [-0.4, -0.2) is 90.6 Å². The summed E-state index contributed by atoms with van der Waals surface area (Å²) in [6, 6.07) is 9.47. The minimum atomic E-state index is -1.15. The molecule has 3 heterocycles. The Bertz CT molecular complexity index is 1220. The minimum absolute atomic E-state index is 0.0401. The Kier molecular flexibility index (Phi) is 12.5. The summed E-state index contributed by atoms with van der Waals surface area (Å²) in [5.41, 5.74) is -0.930. The molecule has 0 spiro atoms. The number of fused-ring (bicyclic) bond motifs is 1. The van der Waals surface area contributed by atoms with Crippen molar-refractivity contribution in [3.05, 3.63) is 35.9 Å². The molecule has 12 atom stereocenters. The van der Waals surface area contributed by atoms with Gasteiger partial charge in [-0.3, -0.25) is 9.59 Å². The molecule has 1 unspecified atom stereocenters. The first-order chi connectivity index (χ1) is 22.2. The van der Waals surface area contributed by atoms with Gasteiger partial charge in [0.15, 0.2) is 17.7 Å². The average Bonchev–Trinajstić information content (AvgIpc) is 3.38. The SMILES string of the molecule is CC[C@H]1OC(=O)C(C)C(=O)[C@H](C)[C@@H](O[C@@H]2O[C@H](CCc3ccccc3)CC[C@H]2O)[C@](C)(OC)C[C@@H](C)CN[C@H](C)[C@H]2NC(=O)O[C@@]21C. The van der Waals surface area contributed by atoms with Crippen molar-refractivity contribution in [2.24, 2.45) is 17.8 Å². The molecular formula is C36H56N2O9. The van der Waals surface area contributed by atoms with Crippen molar-refractivity contribution in [2.45, 2.75) is 141 Å². The van der Waals surface area contributed by atoms with E-state index in [1.807, 2.05) is 39.0 Å². The number of alkyl carbamates (subject to hydrolysis) is 1. The van der Waals surface area contributed by atoms with Crippen LogP contribution in [0.25, 0.3) is 0 Å². The fraction of sp³-hybridized carbons (Fsp3) is 0.750. The highest BCUT2D eigenvalue weighted by molar-refractivity contribution is 6.00. The number of nitrogens with one attached hydrogen (secondary N) is 2. The first-order valence-corrected chi connectivity index (χ1v) is 17.3. The summed E-state index contributed by atoms with van der Waals surface area (Å²) >= 11 is 0. The van der Waals surface area contributed by atoms with E-state index in [1.54, 1.807) is 21.0 Å². The molecule has 3 saturated heterocycles. The third-order valence-electron chi connectivity index (χ3n) is 10.6. The molecule has 264 valence electrons. The fourth-order valence-corrected chi connectivity index (χ4v) is 7.63. The summed E-state index contributed by atoms with van der Waals surface area (Å²) in [5, 5.41) is 17.5. The van der Waals surface area contributed by atoms with Crippen molar-refractivity contribution in [3.63, 3.8) is 0 Å². The predicted molar refractivity (Wildman–Crippen MR) is 176 cm³/mol. The maximum absolute atomic E-state index is 14.1. The lowest BCUT2D eigenvalue weighted by atomic mass is 9.78. The number of Topliss-reactive ketones (excluding diaryl/α,β-unsaturated/α-hetero) is 1. The Labute approximate surface area is 279 Å². The Hall–Kier alpha value is -2.57. The van der Waals surface area contributed by atoms with Crippen LogP contribution in [0, 0.1) is 17.8 Å². The van der Waals surface area contributed by atoms with E-state index in [9.17, 15) is 19.5 Å². The van der Waals surface area contributed by atoms with Gasteiger partial charge < -0.3 is 39.4 Å². The Balaban J connectivity index is 1.61. The van der Waals surface area contributed by atoms with E-state index < -0.39 is 65.7 Å². The highest BCUT2D eigenvalue weighted by Gasteiger charge is 2.55. The standard InChI is InChI=1S/C36H56N2O9/c1-9-28-36(7)30(38-34(42)47-36)24(5)37-20-21(2)19-35(6,43-8)31(22(3)29(40)23(4)32(41)45-28)46-33-27(39)18-17-26(44-33)16-15-25-13-11-10-12-14-25/h10-14,21-24,26-28,30-31,33,37,39H,9,15-20H2,1-8H3,(H,38,42)/t21-,22+,23?,24-,26-,27-,28-,30-,31-,33+,35-,36-/m1/s1. The molecule has 47 heavy (non-hydrogen) atoms. The highest BCUT2D eigenvalue weighted by atomic mass is 16.7. The van der Waals surface area contributed by atoms with Crippen molar-refractivity contribution in [3.8, 4) is 0 Å². The summed E-state index contributed by atoms with van der Waals surface area (Å²) in [5.74, 6) is -2.98. The van der Waals surface area contributed by atoms with Crippen molar-refractivity contribution < 1.29 is 43.2 Å². The quantitative estimate of drug-likeness (QED) is 0.286. The second-order valence-corrected chi connectivity index (χ2v) is 14.3. The topological polar surface area (TPSA) is 142 Å². The number of ether oxygens (including phenoxy) is 5. The number of cyclic esters (lactones) is 1. The lowest BCUT2D eigenvalue weighted by Gasteiger charge is -2.44. The van der Waals surface area contributed by atoms with Gasteiger partial charge >= 0.3 is 12.1 Å². The zero-order valence-corrected chi connectivity index (χ0v) is 29.3. The smallest absolute Gasteiger partial charge is 0.408 e. The van der Waals surface area contributed by atoms with Gasteiger partial charge in [-0.2, -0.15) is 0 Å². The zero-order valence-electron chi connectivity index (χ0n) is 29.3. The predicted octanol–water partition coefficient (Wildman–Crippen LogP) is 4.32. The van der Waals surface area contributed by atoms with Crippen molar-refractivity contribution in [1.82, 2.24) is 10.6 Å². The van der Waals surface area contributed by atoms with Gasteiger partial charge in [0.05, 0.1) is 23.9 Å². The van der Waals surface area contributed by atoms with Crippen LogP contribution >= 0.6 is 0 Å². The molecule has 0 bridgehead atoms. The maximum Gasteiger partial charge on any atom is 0.408 e. The van der Waals surface area contributed by atoms with Gasteiger partial charge in [-0.05, 0) is 84.2 Å². The van der Waals surface area contributed by atoms with Crippen molar-refractivity contribution >= 4 is 17.8 Å². The lowest BCUT2D eigenvalue weighted by Crippen LogP contribution is -2.60. The second kappa shape index (κ2) is 15.8. The molecule has 1 aromatic carbocycles. The van der Waals surface area contributed by atoms with Crippen LogP contribution in [0.2, 0.25) is 0 Å². The van der Waals surface area contributed by atoms with Crippen molar-refractivity contribution in [1.29, 1.82) is 0 Å². The van der Waals surface area contributed by atoms with Gasteiger partial charge in [0.2, 0.25) is 0 Å². The summed E-state index contributed by atoms with van der Waals surface area (Å²) in [4.78, 5) is 40.1. The Morgan fingerprint density at radius 2 is 1.74 bits per heavy atom. The first-order valence-electron chi connectivity index (χ1n) is 17.3. The van der Waals surface area contributed by atoms with Crippen LogP contribution in [0.4, 0.5) is 4.79 Å². The van der Waals surface area contributed by atoms with E-state index in [4.69, 9.17) is 23.7 Å². The highest BCUT2D eigenvalue weighted by Crippen LogP contribution is 2.37. The number of methoxy groups -OCH3 is 1. The Morgan fingerprint density at radius 3 is 2.40 bits per heavy atom. The maximum atomic E-state index is 14.1. The third kappa shape index (κ3) is 8.54. The van der Waals surface area contributed by atoms with Gasteiger partial charge in [-0.15, -0.1) is 0 Å². The van der Waals surface area contributed by atoms with Crippen molar-refractivity contribution in [2.75, 3.05) is 13.7 Å². The van der Waals surface area contributed by atoms with Crippen LogP contribution in [0.1, 0.15) is 86.1 Å². The van der Waals surface area contributed by atoms with Crippen LogP contribution in [0.15, 0.2) is 30.3 Å². The number of rotatable bonds is 7. The number of amides is 1. The van der Waals surface area contributed by atoms with E-state index >= 15 is 0 Å². The first kappa shape index (κ1) is 37.3. The van der Waals surface area contributed by atoms with Gasteiger partial charge in [0.25, 0.3) is 0 Å². The zero-order chi connectivity index (χ0) is 34.5. The molecule has 11 heteroatoms. The molecule has 11 nitrogen and oxygen atoms in total. The number of ketones is 1. The number of hydrogen-bond donors (Lipinski definition) is 3. The van der Waals surface area contributed by atoms with Crippen LogP contribution in [0.5, 0.6) is 0 Å². The second-order valence-electron chi connectivity index (χ2n) is 14.3. The molecule has 3 aliphatic rings. The molecule has 3 N–H and O–H groups in total. The molecule has 0 aliphatic carbocycles. The van der Waals surface area contributed by atoms with Gasteiger partial charge in [-0.25, -0.2) is 4.79 Å². The summed E-state index contributed by atoms with van der Waals surface area (Å²) in [6.45, 7) is 13.4. The van der Waals surface area contributed by atoms with Crippen LogP contribution in [-0.2, 0) is 39.7 Å². The molecule has 4 rings (SSSR count). The number of aliphatic hydroxyl groups excluding tert-OH is 1. The van der Waals surface area contributed by atoms with Crippen LogP contribution in [0.3, 0.4) is 0 Å². The molecule has 0 saturated carbocycles. The lowest BCUT2D eigenvalue weighted by molar-refractivity contribution is -0.288. The number of carbonyl (C=O) groups excluding carboxylic acids is 3.